The molecule has 16 heavy (non-hydrogen) atoms. The molecule has 0 aliphatic rings. The number of methoxy groups -OCH3 is 1. The van der Waals surface area contributed by atoms with Gasteiger partial charge in [-0.25, -0.2) is 4.57 Å². The van der Waals surface area contributed by atoms with E-state index in [9.17, 15) is 4.57 Å². The van der Waals surface area contributed by atoms with Crippen molar-refractivity contribution >= 4 is 7.82 Å². The molecule has 0 aromatic carbocycles. The summed E-state index contributed by atoms with van der Waals surface area (Å²) in [6, 6.07) is 0. The second kappa shape index (κ2) is 5.61. The third-order valence-electron chi connectivity index (χ3n) is 1.10. The molecule has 0 unspecified atom stereocenters. The first-order chi connectivity index (χ1) is 6.97. The van der Waals surface area contributed by atoms with E-state index in [2.05, 4.69) is 0 Å². The standard InChI is InChI=1S/C10H23O5P/c1-9(2,3)14-16(11,13-8-12-7)15-10(4,5)6/h8H2,1-7H3. The Hall–Kier alpha value is 0.0700. The van der Waals surface area contributed by atoms with Crippen molar-refractivity contribution in [2.24, 2.45) is 0 Å². The minimum atomic E-state index is -3.60. The third-order valence-corrected chi connectivity index (χ3v) is 3.06. The summed E-state index contributed by atoms with van der Waals surface area (Å²) in [7, 11) is -2.16. The summed E-state index contributed by atoms with van der Waals surface area (Å²) in [6.45, 7) is 10.5. The van der Waals surface area contributed by atoms with Crippen LogP contribution < -0.4 is 0 Å². The van der Waals surface area contributed by atoms with E-state index in [1.165, 1.54) is 7.11 Å². The van der Waals surface area contributed by atoms with Crippen LogP contribution in [0.15, 0.2) is 0 Å². The van der Waals surface area contributed by atoms with Crippen LogP contribution in [0.5, 0.6) is 0 Å². The number of rotatable bonds is 5. The minimum absolute atomic E-state index is 0.135. The van der Waals surface area contributed by atoms with Gasteiger partial charge in [0.2, 0.25) is 0 Å². The van der Waals surface area contributed by atoms with Crippen molar-refractivity contribution in [1.29, 1.82) is 0 Å². The Labute approximate surface area is 98.0 Å². The maximum absolute atomic E-state index is 12.3. The molecule has 0 N–H and O–H groups in total. The molecule has 98 valence electrons. The molecule has 0 aromatic rings. The highest BCUT2D eigenvalue weighted by Gasteiger charge is 2.37. The maximum atomic E-state index is 12.3. The van der Waals surface area contributed by atoms with Crippen LogP contribution in [0.4, 0.5) is 0 Å². The lowest BCUT2D eigenvalue weighted by Gasteiger charge is -2.30. The highest BCUT2D eigenvalue weighted by atomic mass is 31.2. The van der Waals surface area contributed by atoms with Crippen LogP contribution in [0, 0.1) is 0 Å². The summed E-state index contributed by atoms with van der Waals surface area (Å²) < 4.78 is 32.7. The zero-order chi connectivity index (χ0) is 13.0. The van der Waals surface area contributed by atoms with Crippen LogP contribution in [-0.2, 0) is 22.9 Å². The van der Waals surface area contributed by atoms with E-state index in [4.69, 9.17) is 18.3 Å². The molecule has 0 saturated heterocycles. The van der Waals surface area contributed by atoms with Gasteiger partial charge in [0.05, 0.1) is 11.2 Å². The average Bonchev–Trinajstić information content (AvgIpc) is 1.93. The Morgan fingerprint density at radius 1 is 0.938 bits per heavy atom. The van der Waals surface area contributed by atoms with Crippen molar-refractivity contribution in [3.63, 3.8) is 0 Å². The van der Waals surface area contributed by atoms with E-state index in [0.717, 1.165) is 0 Å². The zero-order valence-corrected chi connectivity index (χ0v) is 12.1. The van der Waals surface area contributed by atoms with Gasteiger partial charge in [0.1, 0.15) is 0 Å². The fraction of sp³-hybridized carbons (Fsp3) is 1.00. The van der Waals surface area contributed by atoms with E-state index >= 15 is 0 Å². The first-order valence-electron chi connectivity index (χ1n) is 5.12. The molecule has 0 aliphatic heterocycles. The smallest absolute Gasteiger partial charge is 0.358 e. The van der Waals surface area contributed by atoms with Gasteiger partial charge in [0.15, 0.2) is 6.79 Å². The van der Waals surface area contributed by atoms with Crippen molar-refractivity contribution in [2.75, 3.05) is 13.9 Å². The summed E-state index contributed by atoms with van der Waals surface area (Å²) >= 11 is 0. The van der Waals surface area contributed by atoms with Gasteiger partial charge in [0.25, 0.3) is 0 Å². The average molecular weight is 254 g/mol. The zero-order valence-electron chi connectivity index (χ0n) is 11.2. The quantitative estimate of drug-likeness (QED) is 0.556. The molecule has 0 amide bonds. The van der Waals surface area contributed by atoms with Gasteiger partial charge in [-0.3, -0.25) is 13.6 Å². The highest BCUT2D eigenvalue weighted by Crippen LogP contribution is 2.55. The van der Waals surface area contributed by atoms with Crippen molar-refractivity contribution < 1.29 is 22.9 Å². The predicted octanol–water partition coefficient (Wildman–Crippen LogP) is 3.35. The van der Waals surface area contributed by atoms with Gasteiger partial charge in [0, 0.05) is 7.11 Å². The lowest BCUT2D eigenvalue weighted by molar-refractivity contribution is -0.0361. The van der Waals surface area contributed by atoms with Crippen LogP contribution in [0.2, 0.25) is 0 Å². The summed E-state index contributed by atoms with van der Waals surface area (Å²) in [5.41, 5.74) is -1.23. The van der Waals surface area contributed by atoms with Gasteiger partial charge in [-0.2, -0.15) is 0 Å². The molecule has 0 atom stereocenters. The molecule has 0 aromatic heterocycles. The van der Waals surface area contributed by atoms with E-state index in [-0.39, 0.29) is 6.79 Å². The molecule has 0 fully saturated rings. The van der Waals surface area contributed by atoms with Crippen molar-refractivity contribution in [1.82, 2.24) is 0 Å². The molecule has 0 aliphatic carbocycles. The molecule has 6 heteroatoms. The highest BCUT2D eigenvalue weighted by molar-refractivity contribution is 7.48. The molecule has 0 saturated carbocycles. The van der Waals surface area contributed by atoms with Gasteiger partial charge in [-0.1, -0.05) is 0 Å². The number of phosphoric ester groups is 1. The Bertz CT molecular complexity index is 231. The lowest BCUT2D eigenvalue weighted by Crippen LogP contribution is -2.25. The van der Waals surface area contributed by atoms with Crippen molar-refractivity contribution in [3.05, 3.63) is 0 Å². The maximum Gasteiger partial charge on any atom is 0.477 e. The largest absolute Gasteiger partial charge is 0.477 e. The monoisotopic (exact) mass is 254 g/mol. The summed E-state index contributed by atoms with van der Waals surface area (Å²) in [6.07, 6.45) is 0. The van der Waals surface area contributed by atoms with E-state index in [0.29, 0.717) is 0 Å². The molecule has 0 radical (unpaired) electrons. The predicted molar refractivity (Wildman–Crippen MR) is 62.2 cm³/mol. The second-order valence-corrected chi connectivity index (χ2v) is 6.91. The SMILES string of the molecule is COCOP(=O)(OC(C)(C)C)OC(C)(C)C. The van der Waals surface area contributed by atoms with Gasteiger partial charge in [-0.05, 0) is 41.5 Å². The Morgan fingerprint density at radius 3 is 1.56 bits per heavy atom. The fourth-order valence-corrected chi connectivity index (χ4v) is 2.58. The van der Waals surface area contributed by atoms with Gasteiger partial charge < -0.3 is 4.74 Å². The molecule has 0 spiro atoms. The number of phosphoric acid groups is 1. The molecule has 0 rings (SSSR count). The van der Waals surface area contributed by atoms with E-state index in [1.807, 2.05) is 0 Å². The van der Waals surface area contributed by atoms with Crippen LogP contribution in [0.3, 0.4) is 0 Å². The lowest BCUT2D eigenvalue weighted by atomic mass is 10.2. The molecule has 0 heterocycles. The van der Waals surface area contributed by atoms with Crippen LogP contribution >= 0.6 is 7.82 Å². The fourth-order valence-electron chi connectivity index (χ4n) is 0.859. The van der Waals surface area contributed by atoms with E-state index < -0.39 is 19.0 Å². The second-order valence-electron chi connectivity index (χ2n) is 5.39. The number of hydrogen-bond acceptors (Lipinski definition) is 5. The molecular weight excluding hydrogens is 231 g/mol. The topological polar surface area (TPSA) is 54.0 Å². The van der Waals surface area contributed by atoms with Gasteiger partial charge >= 0.3 is 7.82 Å². The van der Waals surface area contributed by atoms with Crippen LogP contribution in [0.1, 0.15) is 41.5 Å². The van der Waals surface area contributed by atoms with Gasteiger partial charge in [-0.15, -0.1) is 0 Å². The van der Waals surface area contributed by atoms with E-state index in [1.54, 1.807) is 41.5 Å². The number of hydrogen-bond donors (Lipinski definition) is 0. The Morgan fingerprint density at radius 2 is 1.31 bits per heavy atom. The normalized spacial score (nSPS) is 14.2. The van der Waals surface area contributed by atoms with Crippen molar-refractivity contribution in [2.45, 2.75) is 52.7 Å². The third kappa shape index (κ3) is 8.25. The minimum Gasteiger partial charge on any atom is -0.358 e. The summed E-state index contributed by atoms with van der Waals surface area (Å²) in [5.74, 6) is 0. The Balaban J connectivity index is 4.69. The first-order valence-corrected chi connectivity index (χ1v) is 6.58. The molecule has 0 bridgehead atoms. The number of ether oxygens (including phenoxy) is 1. The summed E-state index contributed by atoms with van der Waals surface area (Å²) in [5, 5.41) is 0. The summed E-state index contributed by atoms with van der Waals surface area (Å²) in [4.78, 5) is 0. The first kappa shape index (κ1) is 16.1. The van der Waals surface area contributed by atoms with Crippen LogP contribution in [0.25, 0.3) is 0 Å². The van der Waals surface area contributed by atoms with Crippen LogP contribution in [-0.4, -0.2) is 25.1 Å². The molecule has 5 nitrogen and oxygen atoms in total. The van der Waals surface area contributed by atoms with Crippen molar-refractivity contribution in [3.8, 4) is 0 Å². The molecular formula is C10H23O5P. The Kier molecular flexibility index (Phi) is 5.63.